The number of aromatic nitrogens is 3. The van der Waals surface area contributed by atoms with Crippen molar-refractivity contribution in [1.29, 1.82) is 0 Å². The lowest BCUT2D eigenvalue weighted by atomic mass is 9.85. The number of rotatable bonds is 6. The Morgan fingerprint density at radius 2 is 1.88 bits per heavy atom. The number of benzene rings is 1. The Kier molecular flexibility index (Phi) is 6.50. The molecule has 0 amide bonds. The largest absolute Gasteiger partial charge is 0.481 e. The Bertz CT molecular complexity index is 1180. The molecule has 2 fully saturated rings. The van der Waals surface area contributed by atoms with Crippen molar-refractivity contribution in [3.05, 3.63) is 42.1 Å². The first-order chi connectivity index (χ1) is 16.6. The maximum absolute atomic E-state index is 10.9. The van der Waals surface area contributed by atoms with Crippen LogP contribution in [-0.2, 0) is 9.53 Å². The maximum Gasteiger partial charge on any atom is 0.303 e. The molecular weight excluding hydrogens is 428 g/mol. The number of H-pyrrole nitrogens is 1. The van der Waals surface area contributed by atoms with Crippen LogP contribution in [0.25, 0.3) is 22.4 Å². The smallest absolute Gasteiger partial charge is 0.303 e. The second-order valence-corrected chi connectivity index (χ2v) is 9.43. The minimum atomic E-state index is -0.686. The quantitative estimate of drug-likeness (QED) is 0.524. The molecule has 2 aromatic heterocycles. The van der Waals surface area contributed by atoms with E-state index in [2.05, 4.69) is 32.9 Å². The molecule has 5 rings (SSSR count). The van der Waals surface area contributed by atoms with Crippen LogP contribution < -0.4 is 4.90 Å². The minimum absolute atomic E-state index is 0.277. The van der Waals surface area contributed by atoms with E-state index in [-0.39, 0.29) is 12.2 Å². The third kappa shape index (κ3) is 5.07. The predicted molar refractivity (Wildman–Crippen MR) is 132 cm³/mol. The van der Waals surface area contributed by atoms with E-state index in [9.17, 15) is 4.79 Å². The summed E-state index contributed by atoms with van der Waals surface area (Å²) in [7, 11) is 0. The standard InChI is InChI=1S/C27H30N4O3/c1-2-18-5-9-23-24(15-18)30-27(29-23)20-6-10-25(28-17-20)31-13-11-22(12-14-31)34-21-7-3-19(4-8-21)16-26(32)33/h1,5-6,9-10,15,17,19,21-22H,3-4,7-8,11-14,16H2,(H,29,30)(H,32,33). The normalized spacial score (nSPS) is 21.4. The monoisotopic (exact) mass is 458 g/mol. The molecule has 1 aromatic carbocycles. The molecule has 34 heavy (non-hydrogen) atoms. The van der Waals surface area contributed by atoms with E-state index < -0.39 is 5.97 Å². The van der Waals surface area contributed by atoms with E-state index in [1.54, 1.807) is 0 Å². The van der Waals surface area contributed by atoms with Gasteiger partial charge in [0.2, 0.25) is 0 Å². The van der Waals surface area contributed by atoms with Gasteiger partial charge in [0.15, 0.2) is 0 Å². The first-order valence-electron chi connectivity index (χ1n) is 12.1. The molecule has 1 saturated heterocycles. The van der Waals surface area contributed by atoms with Crippen molar-refractivity contribution in [3.8, 4) is 23.7 Å². The molecule has 176 valence electrons. The molecule has 7 nitrogen and oxygen atoms in total. The van der Waals surface area contributed by atoms with E-state index in [0.717, 1.165) is 85.4 Å². The van der Waals surface area contributed by atoms with Gasteiger partial charge in [0, 0.05) is 36.8 Å². The summed E-state index contributed by atoms with van der Waals surface area (Å²) in [6.45, 7) is 1.84. The number of imidazole rings is 1. The zero-order valence-electron chi connectivity index (χ0n) is 19.2. The van der Waals surface area contributed by atoms with Crippen LogP contribution in [0, 0.1) is 18.3 Å². The molecule has 1 aliphatic heterocycles. The van der Waals surface area contributed by atoms with Crippen LogP contribution >= 0.6 is 0 Å². The molecule has 2 aliphatic rings. The zero-order valence-corrected chi connectivity index (χ0v) is 19.2. The van der Waals surface area contributed by atoms with Crippen LogP contribution in [0.5, 0.6) is 0 Å². The van der Waals surface area contributed by atoms with Gasteiger partial charge >= 0.3 is 5.97 Å². The highest BCUT2D eigenvalue weighted by Crippen LogP contribution is 2.31. The van der Waals surface area contributed by atoms with Crippen molar-refractivity contribution in [2.45, 2.75) is 57.2 Å². The summed E-state index contributed by atoms with van der Waals surface area (Å²) < 4.78 is 6.37. The Labute approximate surface area is 199 Å². The lowest BCUT2D eigenvalue weighted by Crippen LogP contribution is -2.39. The maximum atomic E-state index is 10.9. The first kappa shape index (κ1) is 22.4. The average molecular weight is 459 g/mol. The number of nitrogens with zero attached hydrogens (tertiary/aromatic N) is 3. The number of hydrogen-bond donors (Lipinski definition) is 2. The van der Waals surface area contributed by atoms with E-state index in [1.165, 1.54) is 0 Å². The van der Waals surface area contributed by atoms with Gasteiger partial charge in [-0.05, 0) is 74.8 Å². The number of piperidine rings is 1. The molecule has 3 heterocycles. The fourth-order valence-electron chi connectivity index (χ4n) is 5.16. The molecule has 0 spiro atoms. The topological polar surface area (TPSA) is 91.3 Å². The van der Waals surface area contributed by atoms with Crippen molar-refractivity contribution >= 4 is 22.8 Å². The van der Waals surface area contributed by atoms with E-state index in [0.29, 0.717) is 12.3 Å². The number of aliphatic carboxylic acids is 1. The van der Waals surface area contributed by atoms with Gasteiger partial charge in [0.25, 0.3) is 0 Å². The Morgan fingerprint density at radius 3 is 2.56 bits per heavy atom. The molecule has 0 atom stereocenters. The van der Waals surface area contributed by atoms with Crippen molar-refractivity contribution in [1.82, 2.24) is 15.0 Å². The number of anilines is 1. The summed E-state index contributed by atoms with van der Waals surface area (Å²) in [6.07, 6.45) is 14.1. The summed E-state index contributed by atoms with van der Waals surface area (Å²) in [5.74, 6) is 4.04. The van der Waals surface area contributed by atoms with Crippen LogP contribution in [-0.4, -0.2) is 51.3 Å². The second-order valence-electron chi connectivity index (χ2n) is 9.43. The van der Waals surface area contributed by atoms with Crippen molar-refractivity contribution in [2.24, 2.45) is 5.92 Å². The number of hydrogen-bond acceptors (Lipinski definition) is 5. The lowest BCUT2D eigenvalue weighted by Gasteiger charge is -2.36. The zero-order chi connectivity index (χ0) is 23.5. The number of ether oxygens (including phenoxy) is 1. The van der Waals surface area contributed by atoms with Crippen LogP contribution in [0.15, 0.2) is 36.5 Å². The number of fused-ring (bicyclic) bond motifs is 1. The number of aromatic amines is 1. The Balaban J connectivity index is 1.13. The van der Waals surface area contributed by atoms with Crippen LogP contribution in [0.2, 0.25) is 0 Å². The molecule has 0 bridgehead atoms. The molecule has 3 aromatic rings. The number of pyridine rings is 1. The lowest BCUT2D eigenvalue weighted by molar-refractivity contribution is -0.138. The Hall–Kier alpha value is -3.37. The third-order valence-electron chi connectivity index (χ3n) is 7.08. The van der Waals surface area contributed by atoms with Gasteiger partial charge in [-0.2, -0.15) is 0 Å². The van der Waals surface area contributed by atoms with Crippen LogP contribution in [0.1, 0.15) is 50.5 Å². The fraction of sp³-hybridized carbons (Fsp3) is 0.444. The summed E-state index contributed by atoms with van der Waals surface area (Å²) in [4.78, 5) is 25.9. The number of terminal acetylenes is 1. The first-order valence-corrected chi connectivity index (χ1v) is 12.1. The molecule has 2 N–H and O–H groups in total. The van der Waals surface area contributed by atoms with Gasteiger partial charge in [0.1, 0.15) is 11.6 Å². The number of carboxylic acids is 1. The highest BCUT2D eigenvalue weighted by atomic mass is 16.5. The van der Waals surface area contributed by atoms with Gasteiger partial charge in [-0.3, -0.25) is 4.79 Å². The highest BCUT2D eigenvalue weighted by molar-refractivity contribution is 5.80. The molecule has 0 unspecified atom stereocenters. The third-order valence-corrected chi connectivity index (χ3v) is 7.08. The number of carbonyl (C=O) groups is 1. The van der Waals surface area contributed by atoms with E-state index in [4.69, 9.17) is 21.3 Å². The molecule has 1 aliphatic carbocycles. The fourth-order valence-corrected chi connectivity index (χ4v) is 5.16. The Morgan fingerprint density at radius 1 is 1.12 bits per heavy atom. The second kappa shape index (κ2) is 9.86. The molecular formula is C27H30N4O3. The molecule has 0 radical (unpaired) electrons. The van der Waals surface area contributed by atoms with Crippen LogP contribution in [0.4, 0.5) is 5.82 Å². The van der Waals surface area contributed by atoms with Gasteiger partial charge in [-0.15, -0.1) is 6.42 Å². The van der Waals surface area contributed by atoms with Crippen molar-refractivity contribution in [2.75, 3.05) is 18.0 Å². The predicted octanol–water partition coefficient (Wildman–Crippen LogP) is 4.63. The minimum Gasteiger partial charge on any atom is -0.481 e. The van der Waals surface area contributed by atoms with Crippen molar-refractivity contribution < 1.29 is 14.6 Å². The van der Waals surface area contributed by atoms with Crippen molar-refractivity contribution in [3.63, 3.8) is 0 Å². The average Bonchev–Trinajstić information content (AvgIpc) is 3.29. The van der Waals surface area contributed by atoms with Crippen LogP contribution in [0.3, 0.4) is 0 Å². The number of nitrogens with one attached hydrogen (secondary N) is 1. The SMILES string of the molecule is C#Cc1ccc2nc(-c3ccc(N4CCC(OC5CCC(CC(=O)O)CC5)CC4)nc3)[nH]c2c1. The summed E-state index contributed by atoms with van der Waals surface area (Å²) in [6, 6.07) is 9.87. The van der Waals surface area contributed by atoms with E-state index in [1.807, 2.05) is 24.4 Å². The van der Waals surface area contributed by atoms with Gasteiger partial charge in [0.05, 0.1) is 23.2 Å². The van der Waals surface area contributed by atoms with Gasteiger partial charge in [-0.25, -0.2) is 9.97 Å². The molecule has 7 heteroatoms. The van der Waals surface area contributed by atoms with E-state index >= 15 is 0 Å². The number of carboxylic acid groups (broad SMARTS) is 1. The highest BCUT2D eigenvalue weighted by Gasteiger charge is 2.28. The molecule has 1 saturated carbocycles. The summed E-state index contributed by atoms with van der Waals surface area (Å²) >= 11 is 0. The van der Waals surface area contributed by atoms with Gasteiger partial charge < -0.3 is 19.7 Å². The summed E-state index contributed by atoms with van der Waals surface area (Å²) in [5, 5.41) is 8.98. The summed E-state index contributed by atoms with van der Waals surface area (Å²) in [5.41, 5.74) is 3.58. The van der Waals surface area contributed by atoms with Gasteiger partial charge in [-0.1, -0.05) is 5.92 Å².